The normalized spacial score (nSPS) is 14.4. The summed E-state index contributed by atoms with van der Waals surface area (Å²) in [5.41, 5.74) is 0.786. The minimum atomic E-state index is -4.25. The van der Waals surface area contributed by atoms with Gasteiger partial charge in [0.25, 0.3) is 10.0 Å². The van der Waals surface area contributed by atoms with Crippen LogP contribution in [0.1, 0.15) is 51.5 Å². The second kappa shape index (κ2) is 16.1. The molecule has 1 saturated carbocycles. The van der Waals surface area contributed by atoms with Crippen molar-refractivity contribution in [1.29, 1.82) is 0 Å². The highest BCUT2D eigenvalue weighted by Gasteiger charge is 2.34. The number of nitrogens with one attached hydrogen (secondary N) is 1. The first-order valence-electron chi connectivity index (χ1n) is 15.0. The quantitative estimate of drug-likeness (QED) is 0.191. The van der Waals surface area contributed by atoms with E-state index in [-0.39, 0.29) is 29.1 Å². The molecule has 12 heteroatoms. The summed E-state index contributed by atoms with van der Waals surface area (Å²) in [5, 5.41) is 3.87. The van der Waals surface area contributed by atoms with Crippen LogP contribution in [0.5, 0.6) is 5.75 Å². The third kappa shape index (κ3) is 8.87. The lowest BCUT2D eigenvalue weighted by atomic mass is 9.95. The Morgan fingerprint density at radius 3 is 2.36 bits per heavy atom. The smallest absolute Gasteiger partial charge is 0.264 e. The first kappa shape index (κ1) is 34.9. The van der Waals surface area contributed by atoms with E-state index < -0.39 is 28.5 Å². The molecule has 1 N–H and O–H groups in total. The Labute approximate surface area is 280 Å². The van der Waals surface area contributed by atoms with Crippen LogP contribution in [-0.4, -0.2) is 56.6 Å². The lowest BCUT2D eigenvalue weighted by Gasteiger charge is -2.33. The minimum Gasteiger partial charge on any atom is -0.492 e. The van der Waals surface area contributed by atoms with Crippen LogP contribution in [-0.2, 0) is 26.2 Å². The molecule has 3 aromatic carbocycles. The van der Waals surface area contributed by atoms with Crippen LogP contribution in [0.15, 0.2) is 76.5 Å². The number of hydrogen-bond acceptors (Lipinski definition) is 6. The molecule has 1 aliphatic rings. The van der Waals surface area contributed by atoms with Crippen molar-refractivity contribution < 1.29 is 22.7 Å². The molecule has 45 heavy (non-hydrogen) atoms. The zero-order valence-electron chi connectivity index (χ0n) is 25.7. The van der Waals surface area contributed by atoms with E-state index in [4.69, 9.17) is 27.9 Å². The first-order chi connectivity index (χ1) is 21.5. The third-order valence-corrected chi connectivity index (χ3v) is 10.9. The predicted molar refractivity (Wildman–Crippen MR) is 182 cm³/mol. The van der Waals surface area contributed by atoms with Crippen LogP contribution in [0.3, 0.4) is 0 Å². The van der Waals surface area contributed by atoms with E-state index in [0.717, 1.165) is 41.3 Å². The summed E-state index contributed by atoms with van der Waals surface area (Å²) in [4.78, 5) is 30.2. The summed E-state index contributed by atoms with van der Waals surface area (Å²) >= 11 is 14.1. The maximum absolute atomic E-state index is 14.3. The summed E-state index contributed by atoms with van der Waals surface area (Å²) < 4.78 is 35.3. The van der Waals surface area contributed by atoms with Gasteiger partial charge in [-0.25, -0.2) is 8.42 Å². The Bertz CT molecular complexity index is 1580. The average Bonchev–Trinajstić information content (AvgIpc) is 3.04. The Kier molecular flexibility index (Phi) is 12.5. The zero-order valence-corrected chi connectivity index (χ0v) is 28.8. The molecule has 3 aromatic rings. The van der Waals surface area contributed by atoms with E-state index in [0.29, 0.717) is 28.0 Å². The number of para-hydroxylation sites is 2. The molecule has 8 nitrogen and oxygen atoms in total. The maximum atomic E-state index is 14.3. The van der Waals surface area contributed by atoms with Gasteiger partial charge in [-0.1, -0.05) is 60.7 Å². The third-order valence-electron chi connectivity index (χ3n) is 7.83. The summed E-state index contributed by atoms with van der Waals surface area (Å²) in [7, 11) is -4.25. The molecule has 0 spiro atoms. The van der Waals surface area contributed by atoms with E-state index >= 15 is 0 Å². The summed E-state index contributed by atoms with van der Waals surface area (Å²) in [6.45, 7) is 3.13. The van der Waals surface area contributed by atoms with E-state index in [9.17, 15) is 18.0 Å². The van der Waals surface area contributed by atoms with Gasteiger partial charge in [0.05, 0.1) is 17.2 Å². The number of thioether (sulfide) groups is 1. The number of sulfonamides is 1. The number of ether oxygens (including phenoxy) is 1. The summed E-state index contributed by atoms with van der Waals surface area (Å²) in [6, 6.07) is 17.2. The van der Waals surface area contributed by atoms with Crippen molar-refractivity contribution in [2.45, 2.75) is 74.4 Å². The van der Waals surface area contributed by atoms with Crippen LogP contribution in [0.25, 0.3) is 0 Å². The Balaban J connectivity index is 1.74. The molecule has 4 rings (SSSR count). The zero-order chi connectivity index (χ0) is 32.6. The number of anilines is 1. The molecule has 0 aliphatic heterocycles. The Hall–Kier alpha value is -2.92. The molecule has 0 aromatic heterocycles. The highest BCUT2D eigenvalue weighted by atomic mass is 35.5. The molecular formula is C33H39Cl2N3O5S2. The van der Waals surface area contributed by atoms with Gasteiger partial charge >= 0.3 is 0 Å². The van der Waals surface area contributed by atoms with E-state index in [1.807, 2.05) is 6.26 Å². The second-order valence-electron chi connectivity index (χ2n) is 10.9. The van der Waals surface area contributed by atoms with Crippen molar-refractivity contribution in [3.63, 3.8) is 0 Å². The molecule has 2 amide bonds. The first-order valence-corrected chi connectivity index (χ1v) is 18.4. The van der Waals surface area contributed by atoms with Gasteiger partial charge in [-0.15, -0.1) is 11.8 Å². The van der Waals surface area contributed by atoms with Crippen LogP contribution in [0, 0.1) is 0 Å². The Morgan fingerprint density at radius 2 is 1.71 bits per heavy atom. The van der Waals surface area contributed by atoms with Crippen molar-refractivity contribution in [2.75, 3.05) is 23.7 Å². The molecule has 1 atom stereocenters. The molecule has 0 saturated heterocycles. The highest BCUT2D eigenvalue weighted by Crippen LogP contribution is 2.33. The summed E-state index contributed by atoms with van der Waals surface area (Å²) in [5.74, 6) is -0.576. The second-order valence-corrected chi connectivity index (χ2v) is 14.5. The number of nitrogens with zero attached hydrogens (tertiary/aromatic N) is 2. The van der Waals surface area contributed by atoms with Gasteiger partial charge in [-0.3, -0.25) is 13.9 Å². The fourth-order valence-electron chi connectivity index (χ4n) is 5.31. The largest absolute Gasteiger partial charge is 0.492 e. The SMILES string of the molecule is CCOc1ccccc1N(CC(=O)N(Cc1ccc(Cl)cc1Cl)[C@@H](C)C(=O)NC1CCCCC1)S(=O)(=O)c1ccc(SC)cc1. The van der Waals surface area contributed by atoms with Gasteiger partial charge < -0.3 is 15.0 Å². The van der Waals surface area contributed by atoms with Gasteiger partial charge in [0, 0.05) is 27.5 Å². The molecule has 0 unspecified atom stereocenters. The molecule has 0 heterocycles. The van der Waals surface area contributed by atoms with Gasteiger partial charge in [0.1, 0.15) is 18.3 Å². The molecular weight excluding hydrogens is 653 g/mol. The lowest BCUT2D eigenvalue weighted by molar-refractivity contribution is -0.139. The van der Waals surface area contributed by atoms with Crippen molar-refractivity contribution >= 4 is 62.5 Å². The minimum absolute atomic E-state index is 0.0230. The van der Waals surface area contributed by atoms with Crippen molar-refractivity contribution in [3.8, 4) is 5.75 Å². The van der Waals surface area contributed by atoms with Crippen molar-refractivity contribution in [3.05, 3.63) is 82.3 Å². The van der Waals surface area contributed by atoms with Crippen LogP contribution >= 0.6 is 35.0 Å². The van der Waals surface area contributed by atoms with Crippen molar-refractivity contribution in [2.24, 2.45) is 0 Å². The van der Waals surface area contributed by atoms with Gasteiger partial charge in [0.2, 0.25) is 11.8 Å². The number of carbonyl (C=O) groups is 2. The number of carbonyl (C=O) groups excluding carboxylic acids is 2. The highest BCUT2D eigenvalue weighted by molar-refractivity contribution is 7.98. The molecule has 1 aliphatic carbocycles. The van der Waals surface area contributed by atoms with Gasteiger partial charge in [-0.05, 0) is 87.0 Å². The number of benzene rings is 3. The Morgan fingerprint density at radius 1 is 1.02 bits per heavy atom. The van der Waals surface area contributed by atoms with Gasteiger partial charge in [0.15, 0.2) is 0 Å². The van der Waals surface area contributed by atoms with Crippen LogP contribution in [0.4, 0.5) is 5.69 Å². The molecule has 0 radical (unpaired) electrons. The topological polar surface area (TPSA) is 96.0 Å². The maximum Gasteiger partial charge on any atom is 0.264 e. The van der Waals surface area contributed by atoms with Crippen LogP contribution in [0.2, 0.25) is 10.0 Å². The number of halogens is 2. The number of hydrogen-bond donors (Lipinski definition) is 1. The van der Waals surface area contributed by atoms with E-state index in [1.165, 1.54) is 28.8 Å². The monoisotopic (exact) mass is 691 g/mol. The predicted octanol–water partition coefficient (Wildman–Crippen LogP) is 7.18. The number of amides is 2. The van der Waals surface area contributed by atoms with Gasteiger partial charge in [-0.2, -0.15) is 0 Å². The molecule has 1 fully saturated rings. The lowest BCUT2D eigenvalue weighted by Crippen LogP contribution is -2.53. The van der Waals surface area contributed by atoms with Crippen molar-refractivity contribution in [1.82, 2.24) is 10.2 Å². The molecule has 242 valence electrons. The van der Waals surface area contributed by atoms with E-state index in [2.05, 4.69) is 5.32 Å². The summed E-state index contributed by atoms with van der Waals surface area (Å²) in [6.07, 6.45) is 6.86. The van der Waals surface area contributed by atoms with Crippen LogP contribution < -0.4 is 14.4 Å². The molecule has 0 bridgehead atoms. The fraction of sp³-hybridized carbons (Fsp3) is 0.394. The standard InChI is InChI=1S/C33H39Cl2N3O5S2/c1-4-43-31-13-9-8-12-30(31)38(45(41,42)28-18-16-27(44-3)17-19-28)22-32(39)37(21-24-14-15-25(34)20-29(24)35)23(2)33(40)36-26-10-6-5-7-11-26/h8-9,12-20,23,26H,4-7,10-11,21-22H2,1-3H3,(H,36,40)/t23-/m0/s1. The fourth-order valence-corrected chi connectivity index (χ4v) is 7.61. The number of rotatable bonds is 13. The average molecular weight is 693 g/mol. The van der Waals surface area contributed by atoms with E-state index in [1.54, 1.807) is 68.4 Å².